The number of aliphatic hydroxyl groups excluding tert-OH is 1. The van der Waals surface area contributed by atoms with E-state index in [0.29, 0.717) is 29.1 Å². The molecule has 0 fully saturated rings. The average molecular weight is 531 g/mol. The van der Waals surface area contributed by atoms with E-state index in [9.17, 15) is 9.59 Å². The Kier molecular flexibility index (Phi) is 8.53. The van der Waals surface area contributed by atoms with E-state index in [1.54, 1.807) is 6.07 Å². The van der Waals surface area contributed by atoms with Crippen LogP contribution < -0.4 is 20.9 Å². The second kappa shape index (κ2) is 12.0. The molecule has 0 saturated heterocycles. The van der Waals surface area contributed by atoms with E-state index in [1.165, 1.54) is 37.3 Å². The number of aliphatic hydroxyl groups is 1. The Morgan fingerprint density at radius 2 is 1.77 bits per heavy atom. The van der Waals surface area contributed by atoms with Crippen LogP contribution in [0.5, 0.6) is 5.75 Å². The standard InChI is InChI=1S/C30H31FN4O4/c1-18-21(20-13-26(31)24(15-32-11-12-36)28(14-20)39-4)7-5-8-22(18)23-9-6-10-27(19(23)2)34-29(37)25-16-33-17-35(3)30(25)38/h5-10,13-14,16-17,32,36H,11-12,15H2,1-4H3,(H,34,37). The largest absolute Gasteiger partial charge is 0.496 e. The van der Waals surface area contributed by atoms with Crippen LogP contribution >= 0.6 is 0 Å². The third-order valence-electron chi connectivity index (χ3n) is 6.72. The molecule has 202 valence electrons. The van der Waals surface area contributed by atoms with E-state index in [2.05, 4.69) is 15.6 Å². The number of hydrogen-bond donors (Lipinski definition) is 3. The lowest BCUT2D eigenvalue weighted by Crippen LogP contribution is -2.28. The Bertz CT molecular complexity index is 1580. The maximum absolute atomic E-state index is 15.1. The van der Waals surface area contributed by atoms with E-state index in [0.717, 1.165) is 27.8 Å². The lowest BCUT2D eigenvalue weighted by Gasteiger charge is -2.18. The first-order valence-corrected chi connectivity index (χ1v) is 12.5. The van der Waals surface area contributed by atoms with Gasteiger partial charge >= 0.3 is 0 Å². The number of benzene rings is 3. The predicted molar refractivity (Wildman–Crippen MR) is 150 cm³/mol. The summed E-state index contributed by atoms with van der Waals surface area (Å²) in [6.07, 6.45) is 2.61. The van der Waals surface area contributed by atoms with Gasteiger partial charge in [-0.1, -0.05) is 30.3 Å². The average Bonchev–Trinajstić information content (AvgIpc) is 2.92. The lowest BCUT2D eigenvalue weighted by atomic mass is 9.90. The molecule has 39 heavy (non-hydrogen) atoms. The highest BCUT2D eigenvalue weighted by molar-refractivity contribution is 6.04. The quantitative estimate of drug-likeness (QED) is 0.280. The third kappa shape index (κ3) is 5.74. The zero-order valence-corrected chi connectivity index (χ0v) is 22.3. The number of carbonyl (C=O) groups excluding carboxylic acids is 1. The Balaban J connectivity index is 1.71. The molecule has 3 N–H and O–H groups in total. The maximum atomic E-state index is 15.1. The molecule has 4 aromatic rings. The smallest absolute Gasteiger partial charge is 0.265 e. The molecule has 0 radical (unpaired) electrons. The van der Waals surface area contributed by atoms with Crippen LogP contribution in [0.2, 0.25) is 0 Å². The van der Waals surface area contributed by atoms with Crippen molar-refractivity contribution in [2.24, 2.45) is 7.05 Å². The van der Waals surface area contributed by atoms with E-state index in [-0.39, 0.29) is 18.7 Å². The van der Waals surface area contributed by atoms with Gasteiger partial charge in [0.05, 0.1) is 20.0 Å². The zero-order chi connectivity index (χ0) is 28.1. The minimum Gasteiger partial charge on any atom is -0.496 e. The molecule has 1 heterocycles. The van der Waals surface area contributed by atoms with Gasteiger partial charge in [0.15, 0.2) is 0 Å². The monoisotopic (exact) mass is 530 g/mol. The van der Waals surface area contributed by atoms with Crippen molar-refractivity contribution in [2.75, 3.05) is 25.6 Å². The molecule has 3 aromatic carbocycles. The zero-order valence-electron chi connectivity index (χ0n) is 22.3. The molecule has 0 spiro atoms. The number of nitrogens with zero attached hydrogens (tertiary/aromatic N) is 2. The van der Waals surface area contributed by atoms with E-state index >= 15 is 4.39 Å². The highest BCUT2D eigenvalue weighted by atomic mass is 19.1. The molecule has 0 bridgehead atoms. The van der Waals surface area contributed by atoms with E-state index in [4.69, 9.17) is 9.84 Å². The van der Waals surface area contributed by atoms with Crippen LogP contribution in [0, 0.1) is 19.7 Å². The van der Waals surface area contributed by atoms with Crippen molar-refractivity contribution >= 4 is 11.6 Å². The molecular weight excluding hydrogens is 499 g/mol. The fourth-order valence-corrected chi connectivity index (χ4v) is 4.57. The van der Waals surface area contributed by atoms with E-state index in [1.807, 2.05) is 50.2 Å². The molecule has 0 atom stereocenters. The fraction of sp³-hybridized carbons (Fsp3) is 0.233. The van der Waals surface area contributed by atoms with Gasteiger partial charge in [-0.3, -0.25) is 9.59 Å². The molecule has 9 heteroatoms. The summed E-state index contributed by atoms with van der Waals surface area (Å²) in [7, 11) is 3.04. The van der Waals surface area contributed by atoms with Crippen molar-refractivity contribution < 1.29 is 19.0 Å². The first-order valence-electron chi connectivity index (χ1n) is 12.5. The molecule has 0 saturated carbocycles. The number of aryl methyl sites for hydroxylation is 1. The van der Waals surface area contributed by atoms with Crippen molar-refractivity contribution in [1.29, 1.82) is 0 Å². The van der Waals surface area contributed by atoms with Gasteiger partial charge in [0, 0.05) is 37.6 Å². The molecular formula is C30H31FN4O4. The van der Waals surface area contributed by atoms with Crippen molar-refractivity contribution in [1.82, 2.24) is 14.9 Å². The van der Waals surface area contributed by atoms with Crippen LogP contribution in [-0.2, 0) is 13.6 Å². The summed E-state index contributed by atoms with van der Waals surface area (Å²) in [6, 6.07) is 14.7. The van der Waals surface area contributed by atoms with Crippen LogP contribution in [0.3, 0.4) is 0 Å². The minimum absolute atomic E-state index is 0.0415. The molecule has 0 aliphatic rings. The SMILES string of the molecule is COc1cc(-c2cccc(-c3cccc(NC(=O)c4cncn(C)c4=O)c3C)c2C)cc(F)c1CNCCO. The fourth-order valence-electron chi connectivity index (χ4n) is 4.57. The molecule has 8 nitrogen and oxygen atoms in total. The summed E-state index contributed by atoms with van der Waals surface area (Å²) in [6.45, 7) is 4.41. The Hall–Kier alpha value is -4.34. The van der Waals surface area contributed by atoms with Gasteiger partial charge in [-0.25, -0.2) is 9.37 Å². The summed E-state index contributed by atoms with van der Waals surface area (Å²) in [5, 5.41) is 14.8. The van der Waals surface area contributed by atoms with Gasteiger partial charge in [0.2, 0.25) is 0 Å². The molecule has 0 aliphatic heterocycles. The molecule has 4 rings (SSSR count). The van der Waals surface area contributed by atoms with Gasteiger partial charge in [-0.15, -0.1) is 0 Å². The highest BCUT2D eigenvalue weighted by Gasteiger charge is 2.18. The van der Waals surface area contributed by atoms with Crippen molar-refractivity contribution in [3.63, 3.8) is 0 Å². The molecule has 0 unspecified atom stereocenters. The topological polar surface area (TPSA) is 105 Å². The van der Waals surface area contributed by atoms with Gasteiger partial charge in [0.1, 0.15) is 17.1 Å². The number of nitrogens with one attached hydrogen (secondary N) is 2. The van der Waals surface area contributed by atoms with Crippen molar-refractivity contribution in [2.45, 2.75) is 20.4 Å². The Morgan fingerprint density at radius 3 is 2.49 bits per heavy atom. The van der Waals surface area contributed by atoms with Crippen LogP contribution in [0.25, 0.3) is 22.3 Å². The Labute approximate surface area is 226 Å². The summed E-state index contributed by atoms with van der Waals surface area (Å²) in [5.41, 5.74) is 5.56. The maximum Gasteiger partial charge on any atom is 0.265 e. The summed E-state index contributed by atoms with van der Waals surface area (Å²) in [4.78, 5) is 29.2. The second-order valence-electron chi connectivity index (χ2n) is 9.17. The molecule has 0 aliphatic carbocycles. The first-order chi connectivity index (χ1) is 18.8. The van der Waals surface area contributed by atoms with Gasteiger partial charge in [0.25, 0.3) is 11.5 Å². The van der Waals surface area contributed by atoms with Crippen LogP contribution in [-0.4, -0.2) is 40.8 Å². The summed E-state index contributed by atoms with van der Waals surface area (Å²) in [5.74, 6) is -0.518. The number of amides is 1. The number of methoxy groups -OCH3 is 1. The third-order valence-corrected chi connectivity index (χ3v) is 6.72. The van der Waals surface area contributed by atoms with E-state index < -0.39 is 17.3 Å². The van der Waals surface area contributed by atoms with Crippen LogP contribution in [0.15, 0.2) is 65.8 Å². The number of hydrogen-bond acceptors (Lipinski definition) is 6. The number of carbonyl (C=O) groups is 1. The van der Waals surface area contributed by atoms with Gasteiger partial charge in [-0.2, -0.15) is 0 Å². The lowest BCUT2D eigenvalue weighted by molar-refractivity contribution is 0.102. The predicted octanol–water partition coefficient (Wildman–Crippen LogP) is 4.21. The number of aromatic nitrogens is 2. The van der Waals surface area contributed by atoms with Crippen molar-refractivity contribution in [3.8, 4) is 28.0 Å². The number of halogens is 1. The summed E-state index contributed by atoms with van der Waals surface area (Å²) < 4.78 is 21.9. The minimum atomic E-state index is -0.537. The Morgan fingerprint density at radius 1 is 1.08 bits per heavy atom. The highest BCUT2D eigenvalue weighted by Crippen LogP contribution is 2.37. The van der Waals surface area contributed by atoms with Crippen LogP contribution in [0.4, 0.5) is 10.1 Å². The first kappa shape index (κ1) is 27.7. The summed E-state index contributed by atoms with van der Waals surface area (Å²) >= 11 is 0. The normalized spacial score (nSPS) is 10.9. The second-order valence-corrected chi connectivity index (χ2v) is 9.17. The number of ether oxygens (including phenoxy) is 1. The number of anilines is 1. The van der Waals surface area contributed by atoms with Crippen LogP contribution in [0.1, 0.15) is 27.0 Å². The molecule has 1 amide bonds. The van der Waals surface area contributed by atoms with Gasteiger partial charge in [-0.05, 0) is 65.4 Å². The number of rotatable bonds is 9. The molecule has 1 aromatic heterocycles. The van der Waals surface area contributed by atoms with Gasteiger partial charge < -0.3 is 25.0 Å². The van der Waals surface area contributed by atoms with Crippen molar-refractivity contribution in [3.05, 3.63) is 99.5 Å².